The van der Waals surface area contributed by atoms with Gasteiger partial charge in [0.15, 0.2) is 11.6 Å². The molecule has 0 saturated heterocycles. The van der Waals surface area contributed by atoms with Crippen molar-refractivity contribution in [3.8, 4) is 0 Å². The van der Waals surface area contributed by atoms with E-state index in [1.807, 2.05) is 20.8 Å². The van der Waals surface area contributed by atoms with Crippen LogP contribution in [0.5, 0.6) is 0 Å². The van der Waals surface area contributed by atoms with E-state index in [1.54, 1.807) is 6.92 Å². The van der Waals surface area contributed by atoms with E-state index in [-0.39, 0.29) is 29.3 Å². The zero-order valence-electron chi connectivity index (χ0n) is 11.7. The molecule has 18 heavy (non-hydrogen) atoms. The molecule has 1 N–H and O–H groups in total. The molecule has 3 nitrogen and oxygen atoms in total. The van der Waals surface area contributed by atoms with E-state index in [1.165, 1.54) is 0 Å². The molecule has 0 aromatic rings. The van der Waals surface area contributed by atoms with Crippen molar-refractivity contribution >= 4 is 11.6 Å². The van der Waals surface area contributed by atoms with Gasteiger partial charge in [-0.1, -0.05) is 26.3 Å². The molecule has 0 amide bonds. The summed E-state index contributed by atoms with van der Waals surface area (Å²) in [5, 5.41) is 10.1. The fraction of sp³-hybridized carbons (Fsp3) is 0.733. The Bertz CT molecular complexity index is 443. The summed E-state index contributed by atoms with van der Waals surface area (Å²) in [5.41, 5.74) is 0.441. The number of rotatable bonds is 1. The zero-order valence-corrected chi connectivity index (χ0v) is 11.7. The lowest BCUT2D eigenvalue weighted by Gasteiger charge is -2.25. The molecule has 0 heterocycles. The third kappa shape index (κ3) is 1.95. The fourth-order valence-electron chi connectivity index (χ4n) is 3.38. The molecule has 2 aliphatic rings. The van der Waals surface area contributed by atoms with Crippen LogP contribution in [-0.4, -0.2) is 22.3 Å². The van der Waals surface area contributed by atoms with Crippen molar-refractivity contribution in [3.63, 3.8) is 0 Å². The molecule has 0 aromatic heterocycles. The number of hydrogen-bond acceptors (Lipinski definition) is 3. The Morgan fingerprint density at radius 1 is 1.17 bits per heavy atom. The van der Waals surface area contributed by atoms with Crippen molar-refractivity contribution in [1.82, 2.24) is 0 Å². The lowest BCUT2D eigenvalue weighted by Crippen LogP contribution is -2.35. The molecule has 0 bridgehead atoms. The summed E-state index contributed by atoms with van der Waals surface area (Å²) in [5.74, 6) is 0.266. The summed E-state index contributed by atoms with van der Waals surface area (Å²) in [6, 6.07) is 0. The lowest BCUT2D eigenvalue weighted by atomic mass is 9.78. The van der Waals surface area contributed by atoms with E-state index in [9.17, 15) is 14.7 Å². The van der Waals surface area contributed by atoms with E-state index in [2.05, 4.69) is 0 Å². The van der Waals surface area contributed by atoms with Gasteiger partial charge in [-0.05, 0) is 31.3 Å². The number of Topliss-reactive ketones (excluding diaryl/α,β-unsaturated/α-hetero) is 2. The maximum Gasteiger partial charge on any atom is 0.164 e. The van der Waals surface area contributed by atoms with Crippen molar-refractivity contribution in [2.45, 2.75) is 59.0 Å². The largest absolute Gasteiger partial charge is 0.382 e. The molecule has 1 saturated carbocycles. The summed E-state index contributed by atoms with van der Waals surface area (Å²) in [6.07, 6.45) is 1.81. The maximum absolute atomic E-state index is 12.1. The molecular formula is C15H22O3. The fourth-order valence-corrected chi connectivity index (χ4v) is 3.38. The minimum absolute atomic E-state index is 0.127. The molecule has 2 atom stereocenters. The Morgan fingerprint density at radius 2 is 1.78 bits per heavy atom. The molecule has 0 aromatic carbocycles. The highest BCUT2D eigenvalue weighted by Gasteiger charge is 2.48. The highest BCUT2D eigenvalue weighted by molar-refractivity contribution is 6.02. The Hall–Kier alpha value is -0.960. The number of allylic oxidation sites excluding steroid dienone is 2. The molecule has 100 valence electrons. The summed E-state index contributed by atoms with van der Waals surface area (Å²) in [7, 11) is 0. The number of fused-ring (bicyclic) bond motifs is 1. The van der Waals surface area contributed by atoms with Gasteiger partial charge in [-0.25, -0.2) is 0 Å². The van der Waals surface area contributed by atoms with Crippen molar-refractivity contribution in [2.75, 3.05) is 0 Å². The van der Waals surface area contributed by atoms with Crippen molar-refractivity contribution in [2.24, 2.45) is 11.3 Å². The smallest absolute Gasteiger partial charge is 0.164 e. The van der Waals surface area contributed by atoms with Crippen LogP contribution < -0.4 is 0 Å². The van der Waals surface area contributed by atoms with Gasteiger partial charge in [-0.15, -0.1) is 0 Å². The zero-order chi connectivity index (χ0) is 13.7. The standard InChI is InChI=1S/C15H22O3/c1-9(2)13-10-5-6-15(4,18)12(17)8-14(10,3)7-11(13)16/h9,18H,5-8H2,1-4H3. The maximum atomic E-state index is 12.1. The normalized spacial score (nSPS) is 37.2. The third-order valence-electron chi connectivity index (χ3n) is 4.50. The first-order valence-electron chi connectivity index (χ1n) is 6.70. The van der Waals surface area contributed by atoms with Gasteiger partial charge >= 0.3 is 0 Å². The minimum atomic E-state index is -1.23. The molecular weight excluding hydrogens is 228 g/mol. The molecule has 2 aliphatic carbocycles. The van der Waals surface area contributed by atoms with Crippen LogP contribution in [-0.2, 0) is 9.59 Å². The Balaban J connectivity index is 2.49. The Morgan fingerprint density at radius 3 is 2.33 bits per heavy atom. The van der Waals surface area contributed by atoms with Crippen molar-refractivity contribution in [1.29, 1.82) is 0 Å². The number of carbonyl (C=O) groups is 2. The van der Waals surface area contributed by atoms with Crippen molar-refractivity contribution < 1.29 is 14.7 Å². The molecule has 2 unspecified atom stereocenters. The molecule has 1 fully saturated rings. The molecule has 0 radical (unpaired) electrons. The van der Waals surface area contributed by atoms with Gasteiger partial charge in [-0.3, -0.25) is 9.59 Å². The van der Waals surface area contributed by atoms with Crippen LogP contribution in [0.3, 0.4) is 0 Å². The van der Waals surface area contributed by atoms with Gasteiger partial charge in [0.1, 0.15) is 5.60 Å². The number of hydrogen-bond donors (Lipinski definition) is 1. The Labute approximate surface area is 108 Å². The van der Waals surface area contributed by atoms with Gasteiger partial charge in [0.25, 0.3) is 0 Å². The molecule has 3 heteroatoms. The third-order valence-corrected chi connectivity index (χ3v) is 4.50. The van der Waals surface area contributed by atoms with Gasteiger partial charge < -0.3 is 5.11 Å². The van der Waals surface area contributed by atoms with E-state index >= 15 is 0 Å². The first kappa shape index (κ1) is 13.5. The van der Waals surface area contributed by atoms with Gasteiger partial charge in [-0.2, -0.15) is 0 Å². The lowest BCUT2D eigenvalue weighted by molar-refractivity contribution is -0.137. The second-order valence-corrected chi connectivity index (χ2v) is 6.58. The average Bonchev–Trinajstić information content (AvgIpc) is 2.41. The predicted molar refractivity (Wildman–Crippen MR) is 69.1 cm³/mol. The van der Waals surface area contributed by atoms with E-state index in [0.717, 1.165) is 11.1 Å². The van der Waals surface area contributed by atoms with Gasteiger partial charge in [0, 0.05) is 18.3 Å². The highest BCUT2D eigenvalue weighted by Crippen LogP contribution is 2.50. The summed E-state index contributed by atoms with van der Waals surface area (Å²) >= 11 is 0. The second kappa shape index (κ2) is 4.02. The summed E-state index contributed by atoms with van der Waals surface area (Å²) in [6.45, 7) is 7.64. The number of carbonyl (C=O) groups excluding carboxylic acids is 2. The molecule has 0 spiro atoms. The van der Waals surface area contributed by atoms with E-state index < -0.39 is 5.60 Å². The van der Waals surface area contributed by atoms with E-state index in [4.69, 9.17) is 0 Å². The molecule has 0 aliphatic heterocycles. The van der Waals surface area contributed by atoms with Crippen LogP contribution in [0.4, 0.5) is 0 Å². The van der Waals surface area contributed by atoms with Crippen LogP contribution in [0.1, 0.15) is 53.4 Å². The van der Waals surface area contributed by atoms with Crippen LogP contribution in [0.25, 0.3) is 0 Å². The van der Waals surface area contributed by atoms with Crippen LogP contribution in [0.2, 0.25) is 0 Å². The summed E-state index contributed by atoms with van der Waals surface area (Å²) in [4.78, 5) is 24.2. The quantitative estimate of drug-likeness (QED) is 0.777. The average molecular weight is 250 g/mol. The number of ketones is 2. The predicted octanol–water partition coefficient (Wildman–Crippen LogP) is 2.42. The molecule has 2 rings (SSSR count). The topological polar surface area (TPSA) is 54.4 Å². The first-order valence-corrected chi connectivity index (χ1v) is 6.70. The number of aliphatic hydroxyl groups is 1. The van der Waals surface area contributed by atoms with E-state index in [0.29, 0.717) is 19.3 Å². The highest BCUT2D eigenvalue weighted by atomic mass is 16.3. The SMILES string of the molecule is CC(C)C1=C2CCC(C)(O)C(=O)CC2(C)CC1=O. The van der Waals surface area contributed by atoms with Crippen LogP contribution >= 0.6 is 0 Å². The summed E-state index contributed by atoms with van der Waals surface area (Å²) < 4.78 is 0. The monoisotopic (exact) mass is 250 g/mol. The van der Waals surface area contributed by atoms with Gasteiger partial charge in [0.05, 0.1) is 0 Å². The van der Waals surface area contributed by atoms with Crippen LogP contribution in [0.15, 0.2) is 11.1 Å². The van der Waals surface area contributed by atoms with Crippen molar-refractivity contribution in [3.05, 3.63) is 11.1 Å². The Kier molecular flexibility index (Phi) is 3.01. The second-order valence-electron chi connectivity index (χ2n) is 6.58. The minimum Gasteiger partial charge on any atom is -0.382 e. The first-order chi connectivity index (χ1) is 8.17. The van der Waals surface area contributed by atoms with Crippen LogP contribution in [0, 0.1) is 11.3 Å². The van der Waals surface area contributed by atoms with Gasteiger partial charge in [0.2, 0.25) is 0 Å².